The molecule has 9 heteroatoms. The van der Waals surface area contributed by atoms with Crippen LogP contribution in [0.3, 0.4) is 0 Å². The topological polar surface area (TPSA) is 54.9 Å². The van der Waals surface area contributed by atoms with E-state index in [2.05, 4.69) is 22.5 Å². The Morgan fingerprint density at radius 3 is 2.46 bits per heavy atom. The zero-order valence-corrected chi connectivity index (χ0v) is 18.8. The predicted octanol–water partition coefficient (Wildman–Crippen LogP) is 4.26. The molecule has 0 radical (unpaired) electrons. The lowest BCUT2D eigenvalue weighted by Crippen LogP contribution is -2.37. The Balaban J connectivity index is 0.00000729. The molecule has 0 aliphatic carbocycles. The number of rotatable bonds is 12. The van der Waals surface area contributed by atoms with E-state index < -0.39 is 12.8 Å². The molecule has 1 aromatic rings. The van der Waals surface area contributed by atoms with Gasteiger partial charge in [0.05, 0.1) is 6.61 Å². The quantitative estimate of drug-likeness (QED) is 0.189. The Hall–Kier alpha value is -1.07. The molecule has 0 heterocycles. The number of aliphatic imine (C=N–C) groups is 1. The van der Waals surface area contributed by atoms with Gasteiger partial charge in [0.25, 0.3) is 0 Å². The largest absolute Gasteiger partial charge is 0.411 e. The monoisotopic (exact) mass is 517 g/mol. The van der Waals surface area contributed by atoms with E-state index in [9.17, 15) is 13.2 Å². The molecule has 0 amide bonds. The molecule has 0 bridgehead atoms. The summed E-state index contributed by atoms with van der Waals surface area (Å²) in [5, 5.41) is 6.39. The molecule has 0 aromatic heterocycles. The van der Waals surface area contributed by atoms with Crippen molar-refractivity contribution in [3.8, 4) is 0 Å². The summed E-state index contributed by atoms with van der Waals surface area (Å²) in [5.41, 5.74) is 1.64. The minimum absolute atomic E-state index is 0. The van der Waals surface area contributed by atoms with Gasteiger partial charge in [-0.1, -0.05) is 37.6 Å². The van der Waals surface area contributed by atoms with Crippen LogP contribution in [0.25, 0.3) is 0 Å². The SMILES string of the molecule is CCCCOCCCNC(=NC)NCc1cccc(COCC(F)(F)F)c1.I. The number of nitrogens with one attached hydrogen (secondary N) is 2. The van der Waals surface area contributed by atoms with Gasteiger partial charge in [0.2, 0.25) is 0 Å². The Kier molecular flexibility index (Phi) is 15.2. The second kappa shape index (κ2) is 15.8. The molecule has 1 aromatic carbocycles. The third-order valence-electron chi connectivity index (χ3n) is 3.61. The van der Waals surface area contributed by atoms with Crippen LogP contribution in [0.2, 0.25) is 0 Å². The van der Waals surface area contributed by atoms with E-state index in [-0.39, 0.29) is 30.6 Å². The fourth-order valence-corrected chi connectivity index (χ4v) is 2.25. The summed E-state index contributed by atoms with van der Waals surface area (Å²) in [6, 6.07) is 7.26. The first-order chi connectivity index (χ1) is 12.9. The van der Waals surface area contributed by atoms with Crippen molar-refractivity contribution in [3.63, 3.8) is 0 Å². The highest BCUT2D eigenvalue weighted by Gasteiger charge is 2.27. The lowest BCUT2D eigenvalue weighted by molar-refractivity contribution is -0.176. The summed E-state index contributed by atoms with van der Waals surface area (Å²) >= 11 is 0. The lowest BCUT2D eigenvalue weighted by Gasteiger charge is -2.13. The highest BCUT2D eigenvalue weighted by atomic mass is 127. The number of unbranched alkanes of at least 4 members (excludes halogenated alkanes) is 1. The molecule has 0 saturated carbocycles. The van der Waals surface area contributed by atoms with Gasteiger partial charge in [0, 0.05) is 33.4 Å². The van der Waals surface area contributed by atoms with Gasteiger partial charge in [-0.15, -0.1) is 24.0 Å². The summed E-state index contributed by atoms with van der Waals surface area (Å²) in [6.07, 6.45) is -1.21. The third kappa shape index (κ3) is 14.0. The minimum Gasteiger partial charge on any atom is -0.381 e. The van der Waals surface area contributed by atoms with Gasteiger partial charge in [-0.2, -0.15) is 13.2 Å². The molecular formula is C19H31F3IN3O2. The van der Waals surface area contributed by atoms with E-state index in [1.54, 1.807) is 19.2 Å². The van der Waals surface area contributed by atoms with E-state index in [1.807, 2.05) is 12.1 Å². The van der Waals surface area contributed by atoms with Crippen molar-refractivity contribution >= 4 is 29.9 Å². The molecule has 28 heavy (non-hydrogen) atoms. The van der Waals surface area contributed by atoms with Crippen LogP contribution in [-0.2, 0) is 22.6 Å². The van der Waals surface area contributed by atoms with Crippen LogP contribution in [-0.4, -0.2) is 45.5 Å². The summed E-state index contributed by atoms with van der Waals surface area (Å²) < 4.78 is 46.6. The van der Waals surface area contributed by atoms with Gasteiger partial charge in [0.1, 0.15) is 6.61 Å². The Bertz CT molecular complexity index is 557. The highest BCUT2D eigenvalue weighted by Crippen LogP contribution is 2.16. The van der Waals surface area contributed by atoms with Crippen LogP contribution >= 0.6 is 24.0 Å². The number of benzene rings is 1. The summed E-state index contributed by atoms with van der Waals surface area (Å²) in [5.74, 6) is 0.669. The zero-order valence-electron chi connectivity index (χ0n) is 16.5. The molecule has 0 aliphatic heterocycles. The van der Waals surface area contributed by atoms with Crippen LogP contribution in [0.1, 0.15) is 37.3 Å². The number of nitrogens with zero attached hydrogens (tertiary/aromatic N) is 1. The van der Waals surface area contributed by atoms with E-state index in [0.29, 0.717) is 24.7 Å². The smallest absolute Gasteiger partial charge is 0.381 e. The van der Waals surface area contributed by atoms with Crippen LogP contribution in [0, 0.1) is 0 Å². The highest BCUT2D eigenvalue weighted by molar-refractivity contribution is 14.0. The Labute approximate surface area is 182 Å². The standard InChI is InChI=1S/C19H30F3N3O2.HI/c1-3-4-10-26-11-6-9-24-18(23-2)25-13-16-7-5-8-17(12-16)14-27-15-19(20,21)22;/h5,7-8,12H,3-4,6,9-11,13-15H2,1-2H3,(H2,23,24,25);1H. The molecule has 5 nitrogen and oxygen atoms in total. The average molecular weight is 517 g/mol. The number of hydrogen-bond donors (Lipinski definition) is 2. The van der Waals surface area contributed by atoms with Crippen molar-refractivity contribution in [2.75, 3.05) is 33.4 Å². The molecule has 0 spiro atoms. The first kappa shape index (κ1) is 26.9. The number of hydrogen-bond acceptors (Lipinski definition) is 3. The molecule has 0 aliphatic rings. The van der Waals surface area contributed by atoms with Crippen molar-refractivity contribution in [2.45, 2.75) is 45.5 Å². The van der Waals surface area contributed by atoms with E-state index in [0.717, 1.165) is 38.0 Å². The van der Waals surface area contributed by atoms with E-state index >= 15 is 0 Å². The fourth-order valence-electron chi connectivity index (χ4n) is 2.25. The third-order valence-corrected chi connectivity index (χ3v) is 3.61. The first-order valence-corrected chi connectivity index (χ1v) is 9.19. The number of ether oxygens (including phenoxy) is 2. The van der Waals surface area contributed by atoms with E-state index in [4.69, 9.17) is 9.47 Å². The van der Waals surface area contributed by atoms with Gasteiger partial charge in [-0.05, 0) is 24.0 Å². The van der Waals surface area contributed by atoms with Crippen LogP contribution in [0.4, 0.5) is 13.2 Å². The van der Waals surface area contributed by atoms with Gasteiger partial charge >= 0.3 is 6.18 Å². The molecule has 0 saturated heterocycles. The van der Waals surface area contributed by atoms with Crippen LogP contribution in [0.5, 0.6) is 0 Å². The average Bonchev–Trinajstić information content (AvgIpc) is 2.63. The van der Waals surface area contributed by atoms with Gasteiger partial charge < -0.3 is 20.1 Å². The molecule has 0 unspecified atom stereocenters. The summed E-state index contributed by atoms with van der Waals surface area (Å²) in [4.78, 5) is 4.15. The minimum atomic E-state index is -4.31. The molecule has 0 atom stereocenters. The predicted molar refractivity (Wildman–Crippen MR) is 116 cm³/mol. The maximum atomic E-state index is 12.1. The van der Waals surface area contributed by atoms with Gasteiger partial charge in [0.15, 0.2) is 5.96 Å². The molecule has 1 rings (SSSR count). The Morgan fingerprint density at radius 1 is 1.07 bits per heavy atom. The first-order valence-electron chi connectivity index (χ1n) is 9.19. The Morgan fingerprint density at radius 2 is 1.79 bits per heavy atom. The molecule has 2 N–H and O–H groups in total. The zero-order chi connectivity index (χ0) is 20.0. The molecule has 0 fully saturated rings. The van der Waals surface area contributed by atoms with Crippen molar-refractivity contribution in [3.05, 3.63) is 35.4 Å². The normalized spacial score (nSPS) is 11.8. The lowest BCUT2D eigenvalue weighted by atomic mass is 10.1. The summed E-state index contributed by atoms with van der Waals surface area (Å²) in [6.45, 7) is 3.59. The van der Waals surface area contributed by atoms with E-state index in [1.165, 1.54) is 0 Å². The van der Waals surface area contributed by atoms with Crippen LogP contribution < -0.4 is 10.6 Å². The van der Waals surface area contributed by atoms with Gasteiger partial charge in [-0.3, -0.25) is 4.99 Å². The number of halogens is 4. The van der Waals surface area contributed by atoms with Crippen molar-refractivity contribution in [1.29, 1.82) is 0 Å². The number of guanidine groups is 1. The maximum absolute atomic E-state index is 12.1. The fraction of sp³-hybridized carbons (Fsp3) is 0.632. The van der Waals surface area contributed by atoms with Gasteiger partial charge in [-0.25, -0.2) is 0 Å². The molecule has 162 valence electrons. The van der Waals surface area contributed by atoms with Crippen molar-refractivity contribution in [2.24, 2.45) is 4.99 Å². The number of alkyl halides is 3. The second-order valence-corrected chi connectivity index (χ2v) is 6.10. The van der Waals surface area contributed by atoms with Crippen molar-refractivity contribution in [1.82, 2.24) is 10.6 Å². The second-order valence-electron chi connectivity index (χ2n) is 6.10. The van der Waals surface area contributed by atoms with Crippen molar-refractivity contribution < 1.29 is 22.6 Å². The van der Waals surface area contributed by atoms with Crippen LogP contribution in [0.15, 0.2) is 29.3 Å². The molecular weight excluding hydrogens is 486 g/mol. The maximum Gasteiger partial charge on any atom is 0.411 e. The summed E-state index contributed by atoms with van der Waals surface area (Å²) in [7, 11) is 1.69.